The van der Waals surface area contributed by atoms with E-state index in [1.54, 1.807) is 0 Å². The Hall–Kier alpha value is -0.0400. The van der Waals surface area contributed by atoms with Crippen LogP contribution in [0.5, 0.6) is 0 Å². The van der Waals surface area contributed by atoms with Gasteiger partial charge in [0.05, 0.1) is 0 Å². The van der Waals surface area contributed by atoms with Gasteiger partial charge < -0.3 is 5.73 Å². The summed E-state index contributed by atoms with van der Waals surface area (Å²) in [6.45, 7) is 4.58. The van der Waals surface area contributed by atoms with E-state index in [-0.39, 0.29) is 0 Å². The third kappa shape index (κ3) is 1.03. The van der Waals surface area contributed by atoms with Crippen LogP contribution in [0, 0.1) is 11.8 Å². The Kier molecular flexibility index (Phi) is 1.57. The van der Waals surface area contributed by atoms with Gasteiger partial charge in [-0.2, -0.15) is 0 Å². The monoisotopic (exact) mass is 113 g/mol. The van der Waals surface area contributed by atoms with E-state index in [2.05, 4.69) is 13.8 Å². The summed E-state index contributed by atoms with van der Waals surface area (Å²) in [6.07, 6.45) is 2.47. The fourth-order valence-electron chi connectivity index (χ4n) is 1.52. The average Bonchev–Trinajstić information content (AvgIpc) is 1.85. The van der Waals surface area contributed by atoms with Gasteiger partial charge in [0.1, 0.15) is 0 Å². The Morgan fingerprint density at radius 2 is 1.50 bits per heavy atom. The molecule has 1 aliphatic rings. The summed E-state index contributed by atoms with van der Waals surface area (Å²) < 4.78 is 0. The molecule has 1 heteroatoms. The molecule has 0 saturated heterocycles. The minimum Gasteiger partial charge on any atom is -0.328 e. The molecule has 0 aliphatic heterocycles. The molecule has 0 aromatic carbocycles. The van der Waals surface area contributed by atoms with E-state index in [0.29, 0.717) is 6.04 Å². The predicted molar refractivity (Wildman–Crippen MR) is 35.5 cm³/mol. The average molecular weight is 113 g/mol. The van der Waals surface area contributed by atoms with Crippen molar-refractivity contribution in [1.82, 2.24) is 0 Å². The lowest BCUT2D eigenvalue weighted by Gasteiger charge is -2.04. The second-order valence-corrected chi connectivity index (χ2v) is 3.19. The first-order valence-corrected chi connectivity index (χ1v) is 3.45. The second-order valence-electron chi connectivity index (χ2n) is 3.19. The van der Waals surface area contributed by atoms with E-state index >= 15 is 0 Å². The van der Waals surface area contributed by atoms with Crippen molar-refractivity contribution in [3.05, 3.63) is 0 Å². The summed E-state index contributed by atoms with van der Waals surface area (Å²) in [7, 11) is 0. The Morgan fingerprint density at radius 1 is 1.12 bits per heavy atom. The molecule has 1 fully saturated rings. The molecule has 0 spiro atoms. The standard InChI is InChI=1S/C7H15N/c1-5-3-7(8)4-6(5)2/h5-7H,3-4,8H2,1-2H3/t5-,6+,7?. The van der Waals surface area contributed by atoms with Gasteiger partial charge in [-0.15, -0.1) is 0 Å². The maximum Gasteiger partial charge on any atom is 0.00441 e. The summed E-state index contributed by atoms with van der Waals surface area (Å²) in [5.41, 5.74) is 5.72. The van der Waals surface area contributed by atoms with Crippen LogP contribution in [0.2, 0.25) is 0 Å². The van der Waals surface area contributed by atoms with Crippen LogP contribution in [-0.2, 0) is 0 Å². The van der Waals surface area contributed by atoms with Crippen molar-refractivity contribution < 1.29 is 0 Å². The highest BCUT2D eigenvalue weighted by Gasteiger charge is 2.24. The van der Waals surface area contributed by atoms with Crippen LogP contribution >= 0.6 is 0 Å². The van der Waals surface area contributed by atoms with Crippen molar-refractivity contribution >= 4 is 0 Å². The SMILES string of the molecule is C[C@@H]1CC(N)C[C@@H]1C. The van der Waals surface area contributed by atoms with Crippen LogP contribution in [0.1, 0.15) is 26.7 Å². The summed E-state index contributed by atoms with van der Waals surface area (Å²) in [5.74, 6) is 1.73. The van der Waals surface area contributed by atoms with Gasteiger partial charge in [-0.3, -0.25) is 0 Å². The van der Waals surface area contributed by atoms with Crippen LogP contribution in [-0.4, -0.2) is 6.04 Å². The van der Waals surface area contributed by atoms with E-state index in [0.717, 1.165) is 11.8 Å². The molecule has 2 N–H and O–H groups in total. The lowest BCUT2D eigenvalue weighted by atomic mass is 10.0. The molecule has 1 saturated carbocycles. The van der Waals surface area contributed by atoms with Gasteiger partial charge in [0.2, 0.25) is 0 Å². The summed E-state index contributed by atoms with van der Waals surface area (Å²) in [6, 6.07) is 0.500. The summed E-state index contributed by atoms with van der Waals surface area (Å²) in [4.78, 5) is 0. The highest BCUT2D eigenvalue weighted by Crippen LogP contribution is 2.29. The lowest BCUT2D eigenvalue weighted by molar-refractivity contribution is 0.457. The molecule has 1 nitrogen and oxygen atoms in total. The Labute approximate surface area is 51.3 Å². The summed E-state index contributed by atoms with van der Waals surface area (Å²) in [5, 5.41) is 0. The molecule has 0 heterocycles. The molecule has 0 radical (unpaired) electrons. The predicted octanol–water partition coefficient (Wildman–Crippen LogP) is 1.38. The maximum atomic E-state index is 5.72. The minimum atomic E-state index is 0.500. The molecular formula is C7H15N. The van der Waals surface area contributed by atoms with Crippen molar-refractivity contribution in [2.45, 2.75) is 32.7 Å². The zero-order valence-corrected chi connectivity index (χ0v) is 5.72. The third-order valence-electron chi connectivity index (χ3n) is 2.32. The fraction of sp³-hybridized carbons (Fsp3) is 1.00. The van der Waals surface area contributed by atoms with Crippen LogP contribution in [0.15, 0.2) is 0 Å². The van der Waals surface area contributed by atoms with Gasteiger partial charge in [-0.25, -0.2) is 0 Å². The van der Waals surface area contributed by atoms with Gasteiger partial charge in [0.25, 0.3) is 0 Å². The molecule has 0 aromatic heterocycles. The second kappa shape index (κ2) is 2.06. The molecular weight excluding hydrogens is 98.1 g/mol. The third-order valence-corrected chi connectivity index (χ3v) is 2.32. The largest absolute Gasteiger partial charge is 0.328 e. The van der Waals surface area contributed by atoms with Crippen LogP contribution < -0.4 is 5.73 Å². The van der Waals surface area contributed by atoms with E-state index < -0.39 is 0 Å². The zero-order chi connectivity index (χ0) is 6.15. The maximum absolute atomic E-state index is 5.72. The van der Waals surface area contributed by atoms with Crippen LogP contribution in [0.25, 0.3) is 0 Å². The van der Waals surface area contributed by atoms with Crippen LogP contribution in [0.4, 0.5) is 0 Å². The molecule has 3 atom stereocenters. The molecule has 0 amide bonds. The first-order chi connectivity index (χ1) is 3.70. The van der Waals surface area contributed by atoms with Gasteiger partial charge in [0.15, 0.2) is 0 Å². The zero-order valence-electron chi connectivity index (χ0n) is 5.72. The molecule has 48 valence electrons. The van der Waals surface area contributed by atoms with E-state index in [4.69, 9.17) is 5.73 Å². The molecule has 0 bridgehead atoms. The lowest BCUT2D eigenvalue weighted by Crippen LogP contribution is -2.14. The molecule has 1 aliphatic carbocycles. The van der Waals surface area contributed by atoms with Gasteiger partial charge in [-0.1, -0.05) is 13.8 Å². The minimum absolute atomic E-state index is 0.500. The number of nitrogens with two attached hydrogens (primary N) is 1. The highest BCUT2D eigenvalue weighted by molar-refractivity contribution is 4.79. The van der Waals surface area contributed by atoms with Crippen molar-refractivity contribution in [2.24, 2.45) is 17.6 Å². The van der Waals surface area contributed by atoms with Crippen molar-refractivity contribution in [3.8, 4) is 0 Å². The van der Waals surface area contributed by atoms with Gasteiger partial charge in [-0.05, 0) is 24.7 Å². The fourth-order valence-corrected chi connectivity index (χ4v) is 1.52. The van der Waals surface area contributed by atoms with Gasteiger partial charge in [0, 0.05) is 6.04 Å². The first kappa shape index (κ1) is 6.09. The quantitative estimate of drug-likeness (QED) is 0.504. The van der Waals surface area contributed by atoms with Crippen LogP contribution in [0.3, 0.4) is 0 Å². The number of hydrogen-bond donors (Lipinski definition) is 1. The molecule has 1 rings (SSSR count). The highest BCUT2D eigenvalue weighted by atomic mass is 14.7. The normalized spacial score (nSPS) is 47.6. The van der Waals surface area contributed by atoms with E-state index in [9.17, 15) is 0 Å². The van der Waals surface area contributed by atoms with Gasteiger partial charge >= 0.3 is 0 Å². The van der Waals surface area contributed by atoms with Crippen molar-refractivity contribution in [2.75, 3.05) is 0 Å². The Bertz CT molecular complexity index is 70.5. The molecule has 0 aromatic rings. The smallest absolute Gasteiger partial charge is 0.00441 e. The van der Waals surface area contributed by atoms with E-state index in [1.165, 1.54) is 12.8 Å². The molecule has 8 heavy (non-hydrogen) atoms. The number of hydrogen-bond acceptors (Lipinski definition) is 1. The first-order valence-electron chi connectivity index (χ1n) is 3.45. The Balaban J connectivity index is 2.39. The topological polar surface area (TPSA) is 26.0 Å². The number of rotatable bonds is 0. The van der Waals surface area contributed by atoms with E-state index in [1.807, 2.05) is 0 Å². The van der Waals surface area contributed by atoms with Crippen molar-refractivity contribution in [3.63, 3.8) is 0 Å². The Morgan fingerprint density at radius 3 is 1.62 bits per heavy atom. The van der Waals surface area contributed by atoms with Crippen molar-refractivity contribution in [1.29, 1.82) is 0 Å². The molecule has 1 unspecified atom stereocenters. The summed E-state index contributed by atoms with van der Waals surface area (Å²) >= 11 is 0.